The molecule has 1 aromatic carbocycles. The molecule has 0 aliphatic rings. The van der Waals surface area contributed by atoms with Crippen molar-refractivity contribution in [2.75, 3.05) is 0 Å². The van der Waals surface area contributed by atoms with Gasteiger partial charge in [0.25, 0.3) is 0 Å². The lowest BCUT2D eigenvalue weighted by Crippen LogP contribution is -2.24. The molecule has 0 aliphatic carbocycles. The number of furan rings is 1. The molecule has 4 heteroatoms. The second kappa shape index (κ2) is 6.38. The topological polar surface area (TPSA) is 42.2 Å². The number of carbonyl (C=O) groups is 1. The average Bonchev–Trinajstić information content (AvgIpc) is 2.91. The zero-order valence-electron chi connectivity index (χ0n) is 10.5. The molecule has 0 saturated heterocycles. The zero-order valence-corrected chi connectivity index (χ0v) is 12.1. The molecule has 0 radical (unpaired) electrons. The minimum absolute atomic E-state index is 0.147. The Morgan fingerprint density at radius 2 is 2.11 bits per heavy atom. The van der Waals surface area contributed by atoms with Crippen LogP contribution in [0.2, 0.25) is 0 Å². The standard InChI is InChI=1S/C15H14BrNO2/c1-11(14-7-4-10-19-14)17-15(18)9-8-12-5-2-3-6-13(12)16/h2-11H,1H3,(H,17,18)/b9-8+/t11-/m0/s1. The first-order valence-electron chi connectivity index (χ1n) is 5.93. The van der Waals surface area contributed by atoms with Gasteiger partial charge in [0.05, 0.1) is 12.3 Å². The summed E-state index contributed by atoms with van der Waals surface area (Å²) in [5, 5.41) is 2.84. The van der Waals surface area contributed by atoms with Crippen molar-refractivity contribution in [3.8, 4) is 0 Å². The van der Waals surface area contributed by atoms with Gasteiger partial charge >= 0.3 is 0 Å². The van der Waals surface area contributed by atoms with Crippen molar-refractivity contribution in [1.82, 2.24) is 5.32 Å². The molecule has 1 atom stereocenters. The summed E-state index contributed by atoms with van der Waals surface area (Å²) in [6.45, 7) is 1.88. The summed E-state index contributed by atoms with van der Waals surface area (Å²) in [4.78, 5) is 11.8. The summed E-state index contributed by atoms with van der Waals surface area (Å²) < 4.78 is 6.19. The molecule has 2 rings (SSSR count). The highest BCUT2D eigenvalue weighted by Crippen LogP contribution is 2.17. The Morgan fingerprint density at radius 1 is 1.32 bits per heavy atom. The normalized spacial score (nSPS) is 12.5. The third-order valence-electron chi connectivity index (χ3n) is 2.65. The van der Waals surface area contributed by atoms with E-state index in [-0.39, 0.29) is 11.9 Å². The van der Waals surface area contributed by atoms with Crippen LogP contribution in [0.25, 0.3) is 6.08 Å². The van der Waals surface area contributed by atoms with Crippen LogP contribution in [0.3, 0.4) is 0 Å². The minimum Gasteiger partial charge on any atom is -0.467 e. The van der Waals surface area contributed by atoms with Crippen LogP contribution in [-0.2, 0) is 4.79 Å². The maximum absolute atomic E-state index is 11.8. The van der Waals surface area contributed by atoms with Crippen LogP contribution < -0.4 is 5.32 Å². The van der Waals surface area contributed by atoms with E-state index in [4.69, 9.17) is 4.42 Å². The molecule has 0 bridgehead atoms. The monoisotopic (exact) mass is 319 g/mol. The van der Waals surface area contributed by atoms with Crippen molar-refractivity contribution in [1.29, 1.82) is 0 Å². The van der Waals surface area contributed by atoms with Gasteiger partial charge in [0.1, 0.15) is 5.76 Å². The van der Waals surface area contributed by atoms with Crippen molar-refractivity contribution in [3.05, 3.63) is 64.5 Å². The number of carbonyl (C=O) groups excluding carboxylic acids is 1. The Bertz CT molecular complexity index is 576. The minimum atomic E-state index is -0.153. The van der Waals surface area contributed by atoms with Crippen molar-refractivity contribution in [2.45, 2.75) is 13.0 Å². The summed E-state index contributed by atoms with van der Waals surface area (Å²) in [5.74, 6) is 0.585. The molecule has 98 valence electrons. The molecular weight excluding hydrogens is 306 g/mol. The summed E-state index contributed by atoms with van der Waals surface area (Å²) in [7, 11) is 0. The van der Waals surface area contributed by atoms with Crippen molar-refractivity contribution in [2.24, 2.45) is 0 Å². The van der Waals surface area contributed by atoms with Crippen LogP contribution in [0.15, 0.2) is 57.6 Å². The molecule has 19 heavy (non-hydrogen) atoms. The van der Waals surface area contributed by atoms with Crippen LogP contribution in [0.1, 0.15) is 24.3 Å². The zero-order chi connectivity index (χ0) is 13.7. The van der Waals surface area contributed by atoms with Gasteiger partial charge < -0.3 is 9.73 Å². The fourth-order valence-corrected chi connectivity index (χ4v) is 2.06. The molecule has 0 saturated carbocycles. The molecule has 1 heterocycles. The lowest BCUT2D eigenvalue weighted by Gasteiger charge is -2.09. The van der Waals surface area contributed by atoms with Gasteiger partial charge in [0.2, 0.25) is 5.91 Å². The van der Waals surface area contributed by atoms with Crippen LogP contribution in [0.4, 0.5) is 0 Å². The van der Waals surface area contributed by atoms with Crippen molar-refractivity contribution < 1.29 is 9.21 Å². The second-order valence-corrected chi connectivity index (χ2v) is 4.95. The lowest BCUT2D eigenvalue weighted by atomic mass is 10.2. The Kier molecular flexibility index (Phi) is 4.58. The van der Waals surface area contributed by atoms with E-state index in [1.165, 1.54) is 6.08 Å². The first kappa shape index (κ1) is 13.6. The van der Waals surface area contributed by atoms with E-state index in [2.05, 4.69) is 21.2 Å². The van der Waals surface area contributed by atoms with Crippen molar-refractivity contribution in [3.63, 3.8) is 0 Å². The highest BCUT2D eigenvalue weighted by Gasteiger charge is 2.09. The largest absolute Gasteiger partial charge is 0.467 e. The SMILES string of the molecule is C[C@H](NC(=O)/C=C/c1ccccc1Br)c1ccco1. The third-order valence-corrected chi connectivity index (χ3v) is 3.37. The molecule has 2 aromatic rings. The third kappa shape index (κ3) is 3.83. The second-order valence-electron chi connectivity index (χ2n) is 4.10. The van der Waals surface area contributed by atoms with Crippen LogP contribution in [0.5, 0.6) is 0 Å². The quantitative estimate of drug-likeness (QED) is 0.867. The van der Waals surface area contributed by atoms with Gasteiger partial charge in [0.15, 0.2) is 0 Å². The molecule has 3 nitrogen and oxygen atoms in total. The number of hydrogen-bond donors (Lipinski definition) is 1. The summed E-state index contributed by atoms with van der Waals surface area (Å²) >= 11 is 3.43. The van der Waals surface area contributed by atoms with E-state index in [0.717, 1.165) is 15.8 Å². The Labute approximate surface area is 120 Å². The number of benzene rings is 1. The smallest absolute Gasteiger partial charge is 0.244 e. The number of nitrogens with one attached hydrogen (secondary N) is 1. The molecule has 0 unspecified atom stereocenters. The number of rotatable bonds is 4. The summed E-state index contributed by atoms with van der Waals surface area (Å²) in [6, 6.07) is 11.2. The molecule has 1 aromatic heterocycles. The van der Waals surface area contributed by atoms with Crippen LogP contribution in [0, 0.1) is 0 Å². The Morgan fingerprint density at radius 3 is 2.79 bits per heavy atom. The Balaban J connectivity index is 1.96. The van der Waals surface area contributed by atoms with Gasteiger partial charge in [-0.05, 0) is 36.8 Å². The van der Waals surface area contributed by atoms with Gasteiger partial charge in [-0.2, -0.15) is 0 Å². The molecule has 0 spiro atoms. The van der Waals surface area contributed by atoms with Gasteiger partial charge in [-0.3, -0.25) is 4.79 Å². The van der Waals surface area contributed by atoms with E-state index in [1.54, 1.807) is 18.4 Å². The number of halogens is 1. The van der Waals surface area contributed by atoms with E-state index in [9.17, 15) is 4.79 Å². The summed E-state index contributed by atoms with van der Waals surface area (Å²) in [5.41, 5.74) is 0.961. The highest BCUT2D eigenvalue weighted by atomic mass is 79.9. The van der Waals surface area contributed by atoms with Crippen LogP contribution in [-0.4, -0.2) is 5.91 Å². The molecule has 1 amide bonds. The molecule has 0 fully saturated rings. The van der Waals surface area contributed by atoms with Crippen LogP contribution >= 0.6 is 15.9 Å². The maximum Gasteiger partial charge on any atom is 0.244 e. The lowest BCUT2D eigenvalue weighted by molar-refractivity contribution is -0.117. The first-order valence-corrected chi connectivity index (χ1v) is 6.72. The fraction of sp³-hybridized carbons (Fsp3) is 0.133. The van der Waals surface area contributed by atoms with E-state index < -0.39 is 0 Å². The fourth-order valence-electron chi connectivity index (χ4n) is 1.65. The van der Waals surface area contributed by atoms with E-state index >= 15 is 0 Å². The number of amides is 1. The van der Waals surface area contributed by atoms with Gasteiger partial charge in [-0.25, -0.2) is 0 Å². The highest BCUT2D eigenvalue weighted by molar-refractivity contribution is 9.10. The first-order chi connectivity index (χ1) is 9.16. The molecular formula is C15H14BrNO2. The van der Waals surface area contributed by atoms with Gasteiger partial charge in [-0.15, -0.1) is 0 Å². The maximum atomic E-state index is 11.8. The average molecular weight is 320 g/mol. The van der Waals surface area contributed by atoms with Crippen molar-refractivity contribution >= 4 is 27.9 Å². The Hall–Kier alpha value is -1.81. The van der Waals surface area contributed by atoms with Gasteiger partial charge in [0, 0.05) is 10.5 Å². The number of hydrogen-bond acceptors (Lipinski definition) is 2. The summed E-state index contributed by atoms with van der Waals surface area (Å²) in [6.07, 6.45) is 4.88. The van der Waals surface area contributed by atoms with E-state index in [0.29, 0.717) is 0 Å². The predicted molar refractivity (Wildman–Crippen MR) is 78.4 cm³/mol. The molecule has 0 aliphatic heterocycles. The van der Waals surface area contributed by atoms with E-state index in [1.807, 2.05) is 37.3 Å². The predicted octanol–water partition coefficient (Wildman–Crippen LogP) is 3.93. The van der Waals surface area contributed by atoms with Gasteiger partial charge in [-0.1, -0.05) is 34.1 Å². The molecule has 1 N–H and O–H groups in total.